The molecular weight excluding hydrogens is 327 g/mol. The molecule has 132 valence electrons. The van der Waals surface area contributed by atoms with Crippen LogP contribution in [0.5, 0.6) is 0 Å². The summed E-state index contributed by atoms with van der Waals surface area (Å²) < 4.78 is 19.5. The fraction of sp³-hybridized carbons (Fsp3) is 0.273. The Balaban J connectivity index is 1.68. The zero-order chi connectivity index (χ0) is 18.1. The average Bonchev–Trinajstić information content (AvgIpc) is 2.61. The minimum atomic E-state index is -0.297. The van der Waals surface area contributed by atoms with E-state index in [-0.39, 0.29) is 17.5 Å². The maximum atomic E-state index is 13.4. The van der Waals surface area contributed by atoms with Crippen LogP contribution in [0.4, 0.5) is 4.39 Å². The molecule has 2 heterocycles. The SMILES string of the molecule is CC1(C)CC(Cc2ccccc2)N=C(c2cnc3cc(F)ccc3c2)O1. The first-order valence-corrected chi connectivity index (χ1v) is 8.85. The summed E-state index contributed by atoms with van der Waals surface area (Å²) in [7, 11) is 0. The Morgan fingerprint density at radius 1 is 1.12 bits per heavy atom. The highest BCUT2D eigenvalue weighted by Crippen LogP contribution is 2.29. The summed E-state index contributed by atoms with van der Waals surface area (Å²) >= 11 is 0. The van der Waals surface area contributed by atoms with Crippen molar-refractivity contribution in [1.82, 2.24) is 4.98 Å². The van der Waals surface area contributed by atoms with E-state index >= 15 is 0 Å². The molecule has 3 nitrogen and oxygen atoms in total. The summed E-state index contributed by atoms with van der Waals surface area (Å²) in [6.07, 6.45) is 3.45. The Hall–Kier alpha value is -2.75. The summed E-state index contributed by atoms with van der Waals surface area (Å²) in [5.74, 6) is 0.328. The molecule has 0 radical (unpaired) electrons. The third kappa shape index (κ3) is 3.59. The minimum absolute atomic E-state index is 0.153. The van der Waals surface area contributed by atoms with Gasteiger partial charge in [0, 0.05) is 24.1 Å². The van der Waals surface area contributed by atoms with Crippen molar-refractivity contribution in [3.63, 3.8) is 0 Å². The number of ether oxygens (including phenoxy) is 1. The predicted octanol–water partition coefficient (Wildman–Crippen LogP) is 4.93. The van der Waals surface area contributed by atoms with E-state index in [1.54, 1.807) is 12.3 Å². The van der Waals surface area contributed by atoms with Crippen LogP contribution in [-0.2, 0) is 11.2 Å². The second kappa shape index (κ2) is 6.52. The third-order valence-corrected chi connectivity index (χ3v) is 4.61. The molecule has 0 aliphatic carbocycles. The highest BCUT2D eigenvalue weighted by Gasteiger charge is 2.32. The van der Waals surface area contributed by atoms with Gasteiger partial charge < -0.3 is 4.74 Å². The summed E-state index contributed by atoms with van der Waals surface area (Å²) in [5, 5.41) is 0.873. The topological polar surface area (TPSA) is 34.5 Å². The first-order chi connectivity index (χ1) is 12.5. The number of pyridine rings is 1. The van der Waals surface area contributed by atoms with Crippen molar-refractivity contribution in [3.05, 3.63) is 77.7 Å². The number of nitrogens with zero attached hydrogens (tertiary/aromatic N) is 2. The summed E-state index contributed by atoms with van der Waals surface area (Å²) in [4.78, 5) is 9.22. The smallest absolute Gasteiger partial charge is 0.218 e. The number of rotatable bonds is 3. The number of aromatic nitrogens is 1. The summed E-state index contributed by atoms with van der Waals surface area (Å²) in [5.41, 5.74) is 2.43. The molecule has 4 heteroatoms. The van der Waals surface area contributed by atoms with Crippen LogP contribution < -0.4 is 0 Å². The van der Waals surface area contributed by atoms with Gasteiger partial charge in [-0.2, -0.15) is 0 Å². The normalized spacial score (nSPS) is 19.0. The molecule has 3 aromatic rings. The molecule has 26 heavy (non-hydrogen) atoms. The molecule has 0 N–H and O–H groups in total. The largest absolute Gasteiger partial charge is 0.471 e. The lowest BCUT2D eigenvalue weighted by molar-refractivity contribution is 0.0634. The third-order valence-electron chi connectivity index (χ3n) is 4.61. The van der Waals surface area contributed by atoms with Gasteiger partial charge in [0.05, 0.1) is 17.1 Å². The van der Waals surface area contributed by atoms with Crippen molar-refractivity contribution >= 4 is 16.8 Å². The van der Waals surface area contributed by atoms with E-state index in [1.165, 1.54) is 17.7 Å². The van der Waals surface area contributed by atoms with Crippen molar-refractivity contribution in [3.8, 4) is 0 Å². The Kier molecular flexibility index (Phi) is 4.19. The van der Waals surface area contributed by atoms with Gasteiger partial charge in [-0.15, -0.1) is 0 Å². The predicted molar refractivity (Wildman–Crippen MR) is 102 cm³/mol. The van der Waals surface area contributed by atoms with Crippen LogP contribution in [-0.4, -0.2) is 22.5 Å². The molecule has 0 bridgehead atoms. The van der Waals surface area contributed by atoms with E-state index in [4.69, 9.17) is 9.73 Å². The number of aliphatic imine (C=N–C) groups is 1. The first-order valence-electron chi connectivity index (χ1n) is 8.85. The van der Waals surface area contributed by atoms with E-state index in [0.29, 0.717) is 11.4 Å². The lowest BCUT2D eigenvalue weighted by atomic mass is 9.93. The van der Waals surface area contributed by atoms with Gasteiger partial charge in [0.25, 0.3) is 0 Å². The van der Waals surface area contributed by atoms with Crippen molar-refractivity contribution in [2.45, 2.75) is 38.3 Å². The Labute approximate surface area is 152 Å². The molecule has 1 aliphatic rings. The number of hydrogen-bond donors (Lipinski definition) is 0. The van der Waals surface area contributed by atoms with Gasteiger partial charge >= 0.3 is 0 Å². The zero-order valence-corrected chi connectivity index (χ0v) is 14.9. The number of benzene rings is 2. The molecule has 0 saturated carbocycles. The van der Waals surface area contributed by atoms with Gasteiger partial charge in [-0.05, 0) is 44.0 Å². The van der Waals surface area contributed by atoms with Gasteiger partial charge in [0.2, 0.25) is 5.90 Å². The number of hydrogen-bond acceptors (Lipinski definition) is 3. The van der Waals surface area contributed by atoms with Crippen LogP contribution >= 0.6 is 0 Å². The lowest BCUT2D eigenvalue weighted by Gasteiger charge is -2.34. The van der Waals surface area contributed by atoms with E-state index in [1.807, 2.05) is 12.1 Å². The molecule has 1 unspecified atom stereocenters. The van der Waals surface area contributed by atoms with Gasteiger partial charge in [0.1, 0.15) is 11.4 Å². The second-order valence-electron chi connectivity index (χ2n) is 7.40. The van der Waals surface area contributed by atoms with Crippen molar-refractivity contribution < 1.29 is 9.13 Å². The van der Waals surface area contributed by atoms with Gasteiger partial charge in [-0.25, -0.2) is 9.38 Å². The van der Waals surface area contributed by atoms with E-state index in [2.05, 4.69) is 43.1 Å². The molecular formula is C22H21FN2O. The quantitative estimate of drug-likeness (QED) is 0.672. The van der Waals surface area contributed by atoms with Crippen LogP contribution in [0, 0.1) is 5.82 Å². The first kappa shape index (κ1) is 16.7. The van der Waals surface area contributed by atoms with E-state index in [0.717, 1.165) is 23.8 Å². The zero-order valence-electron chi connectivity index (χ0n) is 14.9. The maximum absolute atomic E-state index is 13.4. The molecule has 0 fully saturated rings. The van der Waals surface area contributed by atoms with Gasteiger partial charge in [0.15, 0.2) is 0 Å². The molecule has 0 spiro atoms. The van der Waals surface area contributed by atoms with E-state index in [9.17, 15) is 4.39 Å². The molecule has 0 saturated heterocycles. The van der Waals surface area contributed by atoms with Crippen LogP contribution in [0.2, 0.25) is 0 Å². The van der Waals surface area contributed by atoms with Crippen LogP contribution in [0.3, 0.4) is 0 Å². The monoisotopic (exact) mass is 348 g/mol. The minimum Gasteiger partial charge on any atom is -0.471 e. The average molecular weight is 348 g/mol. The standard InChI is InChI=1S/C22H21FN2O/c1-22(2)13-19(10-15-6-4-3-5-7-15)25-21(26-22)17-11-16-8-9-18(23)12-20(16)24-14-17/h3-9,11-12,14,19H,10,13H2,1-2H3. The van der Waals surface area contributed by atoms with Crippen molar-refractivity contribution in [1.29, 1.82) is 0 Å². The fourth-order valence-corrected chi connectivity index (χ4v) is 3.46. The maximum Gasteiger partial charge on any atom is 0.218 e. The Bertz CT molecular complexity index is 966. The summed E-state index contributed by atoms with van der Waals surface area (Å²) in [6, 6.07) is 17.1. The van der Waals surface area contributed by atoms with Crippen molar-refractivity contribution in [2.24, 2.45) is 4.99 Å². The fourth-order valence-electron chi connectivity index (χ4n) is 3.46. The molecule has 1 aromatic heterocycles. The molecule has 2 aromatic carbocycles. The van der Waals surface area contributed by atoms with Crippen LogP contribution in [0.15, 0.2) is 65.8 Å². The van der Waals surface area contributed by atoms with Gasteiger partial charge in [-0.1, -0.05) is 30.3 Å². The van der Waals surface area contributed by atoms with Gasteiger partial charge in [-0.3, -0.25) is 4.98 Å². The number of halogens is 1. The highest BCUT2D eigenvalue weighted by molar-refractivity contribution is 5.97. The van der Waals surface area contributed by atoms with E-state index < -0.39 is 0 Å². The lowest BCUT2D eigenvalue weighted by Crippen LogP contribution is -2.38. The van der Waals surface area contributed by atoms with Crippen LogP contribution in [0.25, 0.3) is 10.9 Å². The molecule has 4 rings (SSSR count). The second-order valence-corrected chi connectivity index (χ2v) is 7.40. The Morgan fingerprint density at radius 3 is 2.73 bits per heavy atom. The highest BCUT2D eigenvalue weighted by atomic mass is 19.1. The molecule has 1 aliphatic heterocycles. The van der Waals surface area contributed by atoms with Crippen molar-refractivity contribution in [2.75, 3.05) is 0 Å². The summed E-state index contributed by atoms with van der Waals surface area (Å²) in [6.45, 7) is 4.17. The number of fused-ring (bicyclic) bond motifs is 1. The Morgan fingerprint density at radius 2 is 1.92 bits per heavy atom. The molecule has 1 atom stereocenters. The van der Waals surface area contributed by atoms with Crippen LogP contribution in [0.1, 0.15) is 31.4 Å². The molecule has 0 amide bonds.